The molecule has 0 fully saturated rings. The van der Waals surface area contributed by atoms with Crippen molar-refractivity contribution in [2.24, 2.45) is 0 Å². The van der Waals surface area contributed by atoms with E-state index in [0.717, 1.165) is 5.56 Å². The highest BCUT2D eigenvalue weighted by molar-refractivity contribution is 7.89. The van der Waals surface area contributed by atoms with Crippen LogP contribution in [0.25, 0.3) is 0 Å². The summed E-state index contributed by atoms with van der Waals surface area (Å²) in [5.74, 6) is 0.612. The van der Waals surface area contributed by atoms with E-state index in [1.165, 1.54) is 19.2 Å². The van der Waals surface area contributed by atoms with Crippen LogP contribution in [0.3, 0.4) is 0 Å². The molecule has 1 aromatic heterocycles. The third kappa shape index (κ3) is 3.59. The van der Waals surface area contributed by atoms with Crippen LogP contribution in [-0.4, -0.2) is 20.5 Å². The van der Waals surface area contributed by atoms with Crippen LogP contribution in [0.2, 0.25) is 0 Å². The summed E-state index contributed by atoms with van der Waals surface area (Å²) in [6, 6.07) is 9.88. The molecule has 0 aliphatic rings. The van der Waals surface area contributed by atoms with Crippen molar-refractivity contribution in [2.75, 3.05) is 7.11 Å². The van der Waals surface area contributed by atoms with E-state index >= 15 is 0 Å². The molecule has 6 heteroatoms. The zero-order valence-corrected chi connectivity index (χ0v) is 13.0. The molecule has 5 nitrogen and oxygen atoms in total. The number of ether oxygens (including phenoxy) is 1. The molecule has 112 valence electrons. The molecule has 1 aromatic carbocycles. The van der Waals surface area contributed by atoms with Gasteiger partial charge in [0.25, 0.3) is 0 Å². The molecule has 0 spiro atoms. The fourth-order valence-electron chi connectivity index (χ4n) is 1.94. The van der Waals surface area contributed by atoms with Gasteiger partial charge in [0.2, 0.25) is 10.0 Å². The molecule has 2 aromatic rings. The molecule has 0 atom stereocenters. The maximum Gasteiger partial charge on any atom is 0.241 e. The van der Waals surface area contributed by atoms with Crippen LogP contribution in [0.15, 0.2) is 53.7 Å². The third-order valence-electron chi connectivity index (χ3n) is 3.14. The van der Waals surface area contributed by atoms with E-state index in [1.54, 1.807) is 44.4 Å². The Labute approximate surface area is 125 Å². The van der Waals surface area contributed by atoms with E-state index in [2.05, 4.69) is 9.71 Å². The van der Waals surface area contributed by atoms with Crippen molar-refractivity contribution in [2.45, 2.75) is 24.3 Å². The maximum atomic E-state index is 12.4. The van der Waals surface area contributed by atoms with Gasteiger partial charge in [-0.15, -0.1) is 0 Å². The molecule has 0 bridgehead atoms. The molecule has 0 aliphatic carbocycles. The fraction of sp³-hybridized carbons (Fsp3) is 0.267. The third-order valence-corrected chi connectivity index (χ3v) is 4.81. The van der Waals surface area contributed by atoms with Crippen molar-refractivity contribution in [3.8, 4) is 5.75 Å². The fourth-order valence-corrected chi connectivity index (χ4v) is 3.34. The van der Waals surface area contributed by atoms with Crippen molar-refractivity contribution in [1.29, 1.82) is 0 Å². The molecule has 0 unspecified atom stereocenters. The second-order valence-corrected chi connectivity index (χ2v) is 6.83. The van der Waals surface area contributed by atoms with E-state index in [1.807, 2.05) is 6.07 Å². The van der Waals surface area contributed by atoms with Gasteiger partial charge in [-0.25, -0.2) is 13.1 Å². The van der Waals surface area contributed by atoms with Crippen LogP contribution >= 0.6 is 0 Å². The monoisotopic (exact) mass is 306 g/mol. The Morgan fingerprint density at radius 2 is 1.81 bits per heavy atom. The summed E-state index contributed by atoms with van der Waals surface area (Å²) in [5, 5.41) is 0. The van der Waals surface area contributed by atoms with Crippen LogP contribution in [0.4, 0.5) is 0 Å². The van der Waals surface area contributed by atoms with Gasteiger partial charge in [0.05, 0.1) is 17.5 Å². The predicted molar refractivity (Wildman–Crippen MR) is 80.6 cm³/mol. The van der Waals surface area contributed by atoms with E-state index in [9.17, 15) is 8.42 Å². The standard InChI is InChI=1S/C15H18N2O3S/c1-15(2,12-5-4-10-16-11-12)17-21(18,19)14-8-6-13(20-3)7-9-14/h4-11,17H,1-3H3. The van der Waals surface area contributed by atoms with E-state index in [4.69, 9.17) is 4.74 Å². The first-order chi connectivity index (χ1) is 9.85. The Kier molecular flexibility index (Phi) is 4.29. The molecule has 2 rings (SSSR count). The average Bonchev–Trinajstić information content (AvgIpc) is 2.47. The predicted octanol–water partition coefficient (Wildman–Crippen LogP) is 2.30. The average molecular weight is 306 g/mol. The molecule has 1 N–H and O–H groups in total. The SMILES string of the molecule is COc1ccc(S(=O)(=O)NC(C)(C)c2cccnc2)cc1. The van der Waals surface area contributed by atoms with Gasteiger partial charge in [-0.2, -0.15) is 0 Å². The Balaban J connectivity index is 2.28. The number of sulfonamides is 1. The Bertz CT molecular complexity index is 695. The summed E-state index contributed by atoms with van der Waals surface area (Å²) in [6.45, 7) is 3.59. The highest BCUT2D eigenvalue weighted by Gasteiger charge is 2.28. The zero-order chi connectivity index (χ0) is 15.5. The number of nitrogens with one attached hydrogen (secondary N) is 1. The van der Waals surface area contributed by atoms with Gasteiger partial charge >= 0.3 is 0 Å². The summed E-state index contributed by atoms with van der Waals surface area (Å²) in [6.07, 6.45) is 3.30. The van der Waals surface area contributed by atoms with Crippen molar-refractivity contribution in [3.05, 3.63) is 54.4 Å². The Morgan fingerprint density at radius 1 is 1.14 bits per heavy atom. The van der Waals surface area contributed by atoms with Gasteiger partial charge in [-0.1, -0.05) is 6.07 Å². The zero-order valence-electron chi connectivity index (χ0n) is 12.2. The Morgan fingerprint density at radius 3 is 2.33 bits per heavy atom. The molecule has 21 heavy (non-hydrogen) atoms. The molecule has 1 heterocycles. The molecule has 0 saturated heterocycles. The lowest BCUT2D eigenvalue weighted by Gasteiger charge is -2.26. The maximum absolute atomic E-state index is 12.4. The molecule has 0 radical (unpaired) electrons. The largest absolute Gasteiger partial charge is 0.497 e. The Hall–Kier alpha value is -1.92. The topological polar surface area (TPSA) is 68.3 Å². The lowest BCUT2D eigenvalue weighted by molar-refractivity contribution is 0.414. The molecule has 0 aliphatic heterocycles. The smallest absolute Gasteiger partial charge is 0.241 e. The van der Waals surface area contributed by atoms with Gasteiger partial charge in [0.1, 0.15) is 5.75 Å². The number of benzene rings is 1. The summed E-state index contributed by atoms with van der Waals surface area (Å²) >= 11 is 0. The number of methoxy groups -OCH3 is 1. The second-order valence-electron chi connectivity index (χ2n) is 5.15. The van der Waals surface area contributed by atoms with Gasteiger partial charge in [0, 0.05) is 12.4 Å². The minimum atomic E-state index is -3.62. The first-order valence-corrected chi connectivity index (χ1v) is 7.92. The lowest BCUT2D eigenvalue weighted by Crippen LogP contribution is -2.40. The summed E-state index contributed by atoms with van der Waals surface area (Å²) < 4.78 is 32.6. The number of aromatic nitrogens is 1. The minimum absolute atomic E-state index is 0.195. The number of rotatable bonds is 5. The van der Waals surface area contributed by atoms with E-state index in [0.29, 0.717) is 5.75 Å². The van der Waals surface area contributed by atoms with E-state index < -0.39 is 15.6 Å². The normalized spacial score (nSPS) is 12.1. The molecular formula is C15H18N2O3S. The molecular weight excluding hydrogens is 288 g/mol. The minimum Gasteiger partial charge on any atom is -0.497 e. The first kappa shape index (κ1) is 15.5. The quantitative estimate of drug-likeness (QED) is 0.920. The first-order valence-electron chi connectivity index (χ1n) is 6.44. The number of hydrogen-bond acceptors (Lipinski definition) is 4. The van der Waals surface area contributed by atoms with Crippen LogP contribution in [-0.2, 0) is 15.6 Å². The number of pyridine rings is 1. The van der Waals surface area contributed by atoms with Crippen molar-refractivity contribution in [3.63, 3.8) is 0 Å². The van der Waals surface area contributed by atoms with Gasteiger partial charge in [-0.3, -0.25) is 4.98 Å². The number of hydrogen-bond donors (Lipinski definition) is 1. The summed E-state index contributed by atoms with van der Waals surface area (Å²) in [4.78, 5) is 4.22. The van der Waals surface area contributed by atoms with Crippen LogP contribution in [0.1, 0.15) is 19.4 Å². The van der Waals surface area contributed by atoms with Crippen molar-refractivity contribution >= 4 is 10.0 Å². The van der Waals surface area contributed by atoms with Crippen LogP contribution < -0.4 is 9.46 Å². The van der Waals surface area contributed by atoms with E-state index in [-0.39, 0.29) is 4.90 Å². The lowest BCUT2D eigenvalue weighted by atomic mass is 9.98. The molecule has 0 saturated carbocycles. The van der Waals surface area contributed by atoms with Gasteiger partial charge in [0.15, 0.2) is 0 Å². The van der Waals surface area contributed by atoms with Crippen LogP contribution in [0, 0.1) is 0 Å². The highest BCUT2D eigenvalue weighted by atomic mass is 32.2. The summed E-state index contributed by atoms with van der Waals surface area (Å²) in [5.41, 5.74) is 0.0367. The van der Waals surface area contributed by atoms with Gasteiger partial charge in [-0.05, 0) is 49.7 Å². The second kappa shape index (κ2) is 5.83. The van der Waals surface area contributed by atoms with Gasteiger partial charge < -0.3 is 4.74 Å². The summed E-state index contributed by atoms with van der Waals surface area (Å²) in [7, 11) is -2.09. The van der Waals surface area contributed by atoms with Crippen molar-refractivity contribution < 1.29 is 13.2 Å². The van der Waals surface area contributed by atoms with Crippen LogP contribution in [0.5, 0.6) is 5.75 Å². The number of nitrogens with zero attached hydrogens (tertiary/aromatic N) is 1. The highest BCUT2D eigenvalue weighted by Crippen LogP contribution is 2.23. The van der Waals surface area contributed by atoms with Crippen molar-refractivity contribution in [1.82, 2.24) is 9.71 Å². The molecule has 0 amide bonds.